The standard InChI is InChI=1S/C12H10ClNO/c13-9-6-7-11(12(15)8-9)14-10-4-2-1-3-5-10/h1-8,14-15H. The van der Waals surface area contributed by atoms with Gasteiger partial charge in [-0.3, -0.25) is 0 Å². The lowest BCUT2D eigenvalue weighted by Gasteiger charge is -2.08. The molecule has 0 aliphatic rings. The first kappa shape index (κ1) is 9.87. The summed E-state index contributed by atoms with van der Waals surface area (Å²) in [5, 5.41) is 13.2. The van der Waals surface area contributed by atoms with Crippen LogP contribution in [0.15, 0.2) is 48.5 Å². The largest absolute Gasteiger partial charge is 0.506 e. The third-order valence-electron chi connectivity index (χ3n) is 2.01. The highest BCUT2D eigenvalue weighted by molar-refractivity contribution is 6.30. The molecule has 15 heavy (non-hydrogen) atoms. The van der Waals surface area contributed by atoms with Crippen molar-refractivity contribution in [1.29, 1.82) is 0 Å². The highest BCUT2D eigenvalue weighted by Gasteiger charge is 2.01. The van der Waals surface area contributed by atoms with Gasteiger partial charge in [-0.05, 0) is 24.3 Å². The molecule has 0 aliphatic carbocycles. The quantitative estimate of drug-likeness (QED) is 0.754. The third-order valence-corrected chi connectivity index (χ3v) is 2.25. The maximum atomic E-state index is 9.61. The number of phenolic OH excluding ortho intramolecular Hbond substituents is 1. The number of nitrogens with one attached hydrogen (secondary N) is 1. The van der Waals surface area contributed by atoms with Gasteiger partial charge in [-0.15, -0.1) is 0 Å². The Morgan fingerprint density at radius 1 is 1.00 bits per heavy atom. The molecule has 0 aromatic heterocycles. The van der Waals surface area contributed by atoms with E-state index in [4.69, 9.17) is 11.6 Å². The van der Waals surface area contributed by atoms with Gasteiger partial charge in [0, 0.05) is 16.8 Å². The number of hydrogen-bond donors (Lipinski definition) is 2. The number of benzene rings is 2. The number of hydrogen-bond acceptors (Lipinski definition) is 2. The van der Waals surface area contributed by atoms with Gasteiger partial charge in [0.2, 0.25) is 0 Å². The molecule has 0 saturated carbocycles. The van der Waals surface area contributed by atoms with Crippen LogP contribution >= 0.6 is 11.6 Å². The molecule has 0 unspecified atom stereocenters. The van der Waals surface area contributed by atoms with Crippen molar-refractivity contribution >= 4 is 23.0 Å². The molecule has 0 amide bonds. The van der Waals surface area contributed by atoms with Crippen LogP contribution in [0, 0.1) is 0 Å². The fourth-order valence-corrected chi connectivity index (χ4v) is 1.45. The van der Waals surface area contributed by atoms with Crippen LogP contribution in [-0.2, 0) is 0 Å². The number of anilines is 2. The zero-order chi connectivity index (χ0) is 10.7. The molecule has 0 saturated heterocycles. The topological polar surface area (TPSA) is 32.3 Å². The Kier molecular flexibility index (Phi) is 2.79. The average molecular weight is 220 g/mol. The highest BCUT2D eigenvalue weighted by atomic mass is 35.5. The summed E-state index contributed by atoms with van der Waals surface area (Å²) in [6.45, 7) is 0. The van der Waals surface area contributed by atoms with Crippen molar-refractivity contribution < 1.29 is 5.11 Å². The van der Waals surface area contributed by atoms with Crippen LogP contribution < -0.4 is 5.32 Å². The maximum Gasteiger partial charge on any atom is 0.140 e. The van der Waals surface area contributed by atoms with E-state index in [-0.39, 0.29) is 5.75 Å². The Hall–Kier alpha value is -1.67. The van der Waals surface area contributed by atoms with Crippen LogP contribution in [-0.4, -0.2) is 5.11 Å². The molecule has 2 aromatic rings. The Labute approximate surface area is 93.1 Å². The Morgan fingerprint density at radius 3 is 2.40 bits per heavy atom. The van der Waals surface area contributed by atoms with Crippen LogP contribution in [0.4, 0.5) is 11.4 Å². The molecule has 0 aliphatic heterocycles. The van der Waals surface area contributed by atoms with Gasteiger partial charge in [0.05, 0.1) is 5.69 Å². The monoisotopic (exact) mass is 219 g/mol. The van der Waals surface area contributed by atoms with Gasteiger partial charge in [0.15, 0.2) is 0 Å². The van der Waals surface area contributed by atoms with Crippen molar-refractivity contribution in [2.75, 3.05) is 5.32 Å². The fraction of sp³-hybridized carbons (Fsp3) is 0. The molecule has 2 rings (SSSR count). The van der Waals surface area contributed by atoms with E-state index in [9.17, 15) is 5.11 Å². The minimum atomic E-state index is 0.145. The lowest BCUT2D eigenvalue weighted by atomic mass is 10.2. The van der Waals surface area contributed by atoms with E-state index in [0.29, 0.717) is 10.7 Å². The van der Waals surface area contributed by atoms with Crippen molar-refractivity contribution in [3.05, 3.63) is 53.6 Å². The van der Waals surface area contributed by atoms with Crippen LogP contribution in [0.1, 0.15) is 0 Å². The number of para-hydroxylation sites is 1. The van der Waals surface area contributed by atoms with E-state index in [1.165, 1.54) is 6.07 Å². The first-order valence-corrected chi connectivity index (χ1v) is 4.94. The van der Waals surface area contributed by atoms with Crippen LogP contribution in [0.2, 0.25) is 5.02 Å². The summed E-state index contributed by atoms with van der Waals surface area (Å²) in [7, 11) is 0. The molecule has 0 radical (unpaired) electrons. The van der Waals surface area contributed by atoms with Gasteiger partial charge in [0.1, 0.15) is 5.75 Å². The van der Waals surface area contributed by atoms with E-state index in [0.717, 1.165) is 5.69 Å². The van der Waals surface area contributed by atoms with Crippen LogP contribution in [0.3, 0.4) is 0 Å². The van der Waals surface area contributed by atoms with Gasteiger partial charge in [0.25, 0.3) is 0 Å². The summed E-state index contributed by atoms with van der Waals surface area (Å²) in [5.74, 6) is 0.145. The van der Waals surface area contributed by atoms with Crippen molar-refractivity contribution in [2.24, 2.45) is 0 Å². The Morgan fingerprint density at radius 2 is 1.73 bits per heavy atom. The second kappa shape index (κ2) is 4.24. The lowest BCUT2D eigenvalue weighted by Crippen LogP contribution is -1.89. The summed E-state index contributed by atoms with van der Waals surface area (Å²) in [6, 6.07) is 14.6. The zero-order valence-electron chi connectivity index (χ0n) is 7.94. The number of aromatic hydroxyl groups is 1. The SMILES string of the molecule is Oc1cc(Cl)ccc1Nc1ccccc1. The lowest BCUT2D eigenvalue weighted by molar-refractivity contribution is 0.478. The molecule has 0 spiro atoms. The smallest absolute Gasteiger partial charge is 0.140 e. The van der Waals surface area contributed by atoms with E-state index in [1.807, 2.05) is 30.3 Å². The third kappa shape index (κ3) is 2.42. The van der Waals surface area contributed by atoms with Crippen molar-refractivity contribution in [2.45, 2.75) is 0 Å². The zero-order valence-corrected chi connectivity index (χ0v) is 8.70. The molecule has 0 bridgehead atoms. The Bertz CT molecular complexity index is 456. The van der Waals surface area contributed by atoms with Gasteiger partial charge < -0.3 is 10.4 Å². The predicted octanol–water partition coefficient (Wildman–Crippen LogP) is 3.79. The summed E-state index contributed by atoms with van der Waals surface area (Å²) in [4.78, 5) is 0. The van der Waals surface area contributed by atoms with Gasteiger partial charge in [-0.25, -0.2) is 0 Å². The number of phenols is 1. The molecule has 0 atom stereocenters. The van der Waals surface area contributed by atoms with E-state index >= 15 is 0 Å². The number of halogens is 1. The summed E-state index contributed by atoms with van der Waals surface area (Å²) in [6.07, 6.45) is 0. The summed E-state index contributed by atoms with van der Waals surface area (Å²) >= 11 is 5.73. The van der Waals surface area contributed by atoms with E-state index in [2.05, 4.69) is 5.32 Å². The highest BCUT2D eigenvalue weighted by Crippen LogP contribution is 2.29. The minimum Gasteiger partial charge on any atom is -0.506 e. The second-order valence-corrected chi connectivity index (χ2v) is 3.59. The normalized spacial score (nSPS) is 9.93. The van der Waals surface area contributed by atoms with Gasteiger partial charge in [-0.1, -0.05) is 29.8 Å². The van der Waals surface area contributed by atoms with Gasteiger partial charge >= 0.3 is 0 Å². The van der Waals surface area contributed by atoms with Crippen molar-refractivity contribution in [1.82, 2.24) is 0 Å². The molecule has 2 nitrogen and oxygen atoms in total. The van der Waals surface area contributed by atoms with Gasteiger partial charge in [-0.2, -0.15) is 0 Å². The van der Waals surface area contributed by atoms with Crippen molar-refractivity contribution in [3.63, 3.8) is 0 Å². The first-order valence-electron chi connectivity index (χ1n) is 4.56. The fourth-order valence-electron chi connectivity index (χ4n) is 1.29. The molecule has 0 heterocycles. The first-order chi connectivity index (χ1) is 7.25. The molecular formula is C12H10ClNO. The number of rotatable bonds is 2. The molecule has 2 N–H and O–H groups in total. The maximum absolute atomic E-state index is 9.61. The van der Waals surface area contributed by atoms with Crippen LogP contribution in [0.25, 0.3) is 0 Å². The summed E-state index contributed by atoms with van der Waals surface area (Å²) in [5.41, 5.74) is 1.57. The molecule has 3 heteroatoms. The predicted molar refractivity (Wildman–Crippen MR) is 62.8 cm³/mol. The Balaban J connectivity index is 2.25. The minimum absolute atomic E-state index is 0.145. The molecule has 2 aromatic carbocycles. The second-order valence-electron chi connectivity index (χ2n) is 3.15. The van der Waals surface area contributed by atoms with E-state index < -0.39 is 0 Å². The molecule has 0 fully saturated rings. The summed E-state index contributed by atoms with van der Waals surface area (Å²) < 4.78 is 0. The van der Waals surface area contributed by atoms with Crippen LogP contribution in [0.5, 0.6) is 5.75 Å². The average Bonchev–Trinajstić information content (AvgIpc) is 2.24. The molecule has 76 valence electrons. The van der Waals surface area contributed by atoms with Crippen molar-refractivity contribution in [3.8, 4) is 5.75 Å². The molecular weight excluding hydrogens is 210 g/mol. The van der Waals surface area contributed by atoms with E-state index in [1.54, 1.807) is 12.1 Å².